The van der Waals surface area contributed by atoms with Gasteiger partial charge < -0.3 is 15.9 Å². The number of hydrogen-bond donors (Lipinski definition) is 3. The van der Waals surface area contributed by atoms with E-state index in [1.54, 1.807) is 12.1 Å². The van der Waals surface area contributed by atoms with Crippen molar-refractivity contribution in [3.63, 3.8) is 0 Å². The second-order valence-corrected chi connectivity index (χ2v) is 7.38. The van der Waals surface area contributed by atoms with Gasteiger partial charge in [0.1, 0.15) is 5.54 Å². The van der Waals surface area contributed by atoms with Gasteiger partial charge in [0.05, 0.1) is 5.92 Å². The minimum atomic E-state index is -1.44. The Kier molecular flexibility index (Phi) is 3.43. The summed E-state index contributed by atoms with van der Waals surface area (Å²) in [5, 5.41) is 19.1. The molecule has 112 valence electrons. The average Bonchev–Trinajstić information content (AvgIpc) is 3.07. The molecule has 21 heavy (non-hydrogen) atoms. The first-order valence-corrected chi connectivity index (χ1v) is 7.77. The fraction of sp³-hybridized carbons (Fsp3) is 0.429. The summed E-state index contributed by atoms with van der Waals surface area (Å²) < 4.78 is 0. The van der Waals surface area contributed by atoms with Crippen LogP contribution in [-0.4, -0.2) is 32.9 Å². The topological polar surface area (TPSA) is 101 Å². The number of carboxylic acids is 2. The fourth-order valence-electron chi connectivity index (χ4n) is 3.45. The van der Waals surface area contributed by atoms with Crippen LogP contribution in [0.4, 0.5) is 0 Å². The molecule has 0 heterocycles. The number of halogens is 1. The zero-order valence-electron chi connectivity index (χ0n) is 10.9. The van der Waals surface area contributed by atoms with Gasteiger partial charge in [-0.15, -0.1) is 11.8 Å². The van der Waals surface area contributed by atoms with E-state index in [4.69, 9.17) is 17.3 Å². The van der Waals surface area contributed by atoms with Crippen LogP contribution in [0, 0.1) is 17.8 Å². The van der Waals surface area contributed by atoms with Gasteiger partial charge in [0, 0.05) is 21.1 Å². The normalized spacial score (nSPS) is 37.0. The van der Waals surface area contributed by atoms with E-state index in [2.05, 4.69) is 0 Å². The van der Waals surface area contributed by atoms with Gasteiger partial charge in [-0.25, -0.2) is 0 Å². The molecule has 1 aromatic rings. The Bertz CT molecular complexity index is 625. The third-order valence-electron chi connectivity index (χ3n) is 4.41. The van der Waals surface area contributed by atoms with E-state index in [1.807, 2.05) is 12.1 Å². The molecule has 2 saturated carbocycles. The van der Waals surface area contributed by atoms with Crippen LogP contribution in [0.2, 0.25) is 5.02 Å². The number of hydrogen-bond acceptors (Lipinski definition) is 4. The van der Waals surface area contributed by atoms with Crippen molar-refractivity contribution in [2.75, 3.05) is 0 Å². The summed E-state index contributed by atoms with van der Waals surface area (Å²) in [6.45, 7) is 0. The van der Waals surface area contributed by atoms with E-state index in [0.717, 1.165) is 4.90 Å². The van der Waals surface area contributed by atoms with Gasteiger partial charge in [0.2, 0.25) is 0 Å². The number of nitrogens with two attached hydrogens (primary N) is 1. The molecule has 2 fully saturated rings. The van der Waals surface area contributed by atoms with E-state index in [-0.39, 0.29) is 17.6 Å². The highest BCUT2D eigenvalue weighted by Crippen LogP contribution is 2.65. The van der Waals surface area contributed by atoms with Gasteiger partial charge in [0.15, 0.2) is 0 Å². The fourth-order valence-corrected chi connectivity index (χ4v) is 5.26. The van der Waals surface area contributed by atoms with Crippen LogP contribution in [0.3, 0.4) is 0 Å². The average molecular weight is 328 g/mol. The van der Waals surface area contributed by atoms with Crippen molar-refractivity contribution in [3.05, 3.63) is 29.3 Å². The van der Waals surface area contributed by atoms with Gasteiger partial charge in [0.25, 0.3) is 0 Å². The molecule has 5 nitrogen and oxygen atoms in total. The molecule has 2 aliphatic rings. The maximum Gasteiger partial charge on any atom is 0.324 e. The molecule has 0 aromatic heterocycles. The maximum absolute atomic E-state index is 11.4. The number of thioether (sulfide) groups is 1. The first kappa shape index (κ1) is 14.7. The Morgan fingerprint density at radius 2 is 2.10 bits per heavy atom. The summed E-state index contributed by atoms with van der Waals surface area (Å²) in [7, 11) is 0. The number of carbonyl (C=O) groups is 2. The van der Waals surface area contributed by atoms with E-state index < -0.39 is 29.3 Å². The van der Waals surface area contributed by atoms with Crippen LogP contribution in [0.5, 0.6) is 0 Å². The Labute approximate surface area is 130 Å². The highest BCUT2D eigenvalue weighted by molar-refractivity contribution is 8.00. The number of benzene rings is 1. The summed E-state index contributed by atoms with van der Waals surface area (Å²) in [6.07, 6.45) is 0.276. The van der Waals surface area contributed by atoms with Crippen molar-refractivity contribution in [1.82, 2.24) is 0 Å². The van der Waals surface area contributed by atoms with Crippen molar-refractivity contribution in [2.24, 2.45) is 23.5 Å². The first-order valence-electron chi connectivity index (χ1n) is 6.52. The van der Waals surface area contributed by atoms with Crippen LogP contribution in [0.15, 0.2) is 29.2 Å². The van der Waals surface area contributed by atoms with Gasteiger partial charge in [-0.2, -0.15) is 0 Å². The van der Waals surface area contributed by atoms with E-state index in [9.17, 15) is 19.8 Å². The minimum absolute atomic E-state index is 0.115. The second-order valence-electron chi connectivity index (χ2n) is 5.63. The first-order chi connectivity index (χ1) is 9.84. The lowest BCUT2D eigenvalue weighted by molar-refractivity contribution is -0.145. The molecular formula is C14H14ClNO4S. The standard InChI is InChI=1S/C14H14ClNO4S/c15-6-2-1-3-7(4-6)21-8-5-14(16,13(19)20)11-9(8)10(11)12(17)18/h1-4,8-11H,5,16H2,(H,17,18)(H,19,20). The Balaban J connectivity index is 1.84. The molecule has 3 rings (SSSR count). The molecule has 0 spiro atoms. The molecule has 0 radical (unpaired) electrons. The van der Waals surface area contributed by atoms with Crippen molar-refractivity contribution >= 4 is 35.3 Å². The lowest BCUT2D eigenvalue weighted by Gasteiger charge is -2.24. The highest BCUT2D eigenvalue weighted by Gasteiger charge is 2.73. The summed E-state index contributed by atoms with van der Waals surface area (Å²) in [6, 6.07) is 7.23. The lowest BCUT2D eigenvalue weighted by atomic mass is 9.91. The van der Waals surface area contributed by atoms with Crippen LogP contribution >= 0.6 is 23.4 Å². The van der Waals surface area contributed by atoms with E-state index in [0.29, 0.717) is 5.02 Å². The van der Waals surface area contributed by atoms with Crippen LogP contribution in [0.1, 0.15) is 6.42 Å². The molecular weight excluding hydrogens is 314 g/mol. The van der Waals surface area contributed by atoms with Crippen molar-refractivity contribution < 1.29 is 19.8 Å². The van der Waals surface area contributed by atoms with Crippen molar-refractivity contribution in [2.45, 2.75) is 22.1 Å². The maximum atomic E-state index is 11.4. The number of fused-ring (bicyclic) bond motifs is 1. The van der Waals surface area contributed by atoms with E-state index >= 15 is 0 Å². The molecule has 0 amide bonds. The Morgan fingerprint density at radius 3 is 2.67 bits per heavy atom. The van der Waals surface area contributed by atoms with E-state index in [1.165, 1.54) is 11.8 Å². The summed E-state index contributed by atoms with van der Waals surface area (Å²) in [4.78, 5) is 23.6. The predicted molar refractivity (Wildman–Crippen MR) is 78.4 cm³/mol. The predicted octanol–water partition coefficient (Wildman–Crippen LogP) is 1.93. The monoisotopic (exact) mass is 327 g/mol. The summed E-state index contributed by atoms with van der Waals surface area (Å²) >= 11 is 7.40. The molecule has 1 aromatic carbocycles. The summed E-state index contributed by atoms with van der Waals surface area (Å²) in [5.74, 6) is -3.40. The highest BCUT2D eigenvalue weighted by atomic mass is 35.5. The van der Waals surface area contributed by atoms with Gasteiger partial charge in [-0.3, -0.25) is 9.59 Å². The second kappa shape index (κ2) is 4.90. The summed E-state index contributed by atoms with van der Waals surface area (Å²) in [5.41, 5.74) is 4.55. The molecule has 2 aliphatic carbocycles. The third kappa shape index (κ3) is 2.31. The molecule has 0 saturated heterocycles. The van der Waals surface area contributed by atoms with Crippen LogP contribution in [-0.2, 0) is 9.59 Å². The molecule has 4 N–H and O–H groups in total. The van der Waals surface area contributed by atoms with Crippen molar-refractivity contribution in [1.29, 1.82) is 0 Å². The van der Waals surface area contributed by atoms with Gasteiger partial charge in [-0.1, -0.05) is 17.7 Å². The molecule has 7 heteroatoms. The Hall–Kier alpha value is -1.24. The SMILES string of the molecule is NC1(C(=O)O)CC(Sc2cccc(Cl)c2)C2C(C(=O)O)C21. The largest absolute Gasteiger partial charge is 0.481 e. The number of rotatable bonds is 4. The smallest absolute Gasteiger partial charge is 0.324 e. The molecule has 0 bridgehead atoms. The minimum Gasteiger partial charge on any atom is -0.481 e. The van der Waals surface area contributed by atoms with Gasteiger partial charge in [-0.05, 0) is 30.5 Å². The third-order valence-corrected chi connectivity index (χ3v) is 5.95. The molecule has 5 atom stereocenters. The molecule has 0 aliphatic heterocycles. The zero-order valence-corrected chi connectivity index (χ0v) is 12.5. The van der Waals surface area contributed by atoms with Crippen molar-refractivity contribution in [3.8, 4) is 0 Å². The zero-order chi connectivity index (χ0) is 15.4. The van der Waals surface area contributed by atoms with Crippen LogP contribution in [0.25, 0.3) is 0 Å². The molecule has 5 unspecified atom stereocenters. The number of carboxylic acid groups (broad SMARTS) is 2. The van der Waals surface area contributed by atoms with Gasteiger partial charge >= 0.3 is 11.9 Å². The number of aliphatic carboxylic acids is 2. The van der Waals surface area contributed by atoms with Crippen LogP contribution < -0.4 is 5.73 Å². The lowest BCUT2D eigenvalue weighted by Crippen LogP contribution is -2.50. The Morgan fingerprint density at radius 1 is 1.38 bits per heavy atom. The quantitative estimate of drug-likeness (QED) is 0.781.